The molecule has 2 aromatic rings. The molecule has 3 rings (SSSR count). The molecule has 1 aromatic carbocycles. The van der Waals surface area contributed by atoms with Gasteiger partial charge in [-0.2, -0.15) is 5.10 Å². The maximum atomic E-state index is 12.2. The van der Waals surface area contributed by atoms with E-state index >= 15 is 0 Å². The molecule has 0 saturated carbocycles. The Bertz CT molecular complexity index is 721. The Morgan fingerprint density at radius 3 is 2.96 bits per heavy atom. The number of hydrazone groups is 1. The highest BCUT2D eigenvalue weighted by Gasteiger charge is 2.21. The van der Waals surface area contributed by atoms with E-state index in [0.717, 1.165) is 29.2 Å². The van der Waals surface area contributed by atoms with Crippen molar-refractivity contribution in [1.82, 2.24) is 5.43 Å². The van der Waals surface area contributed by atoms with Gasteiger partial charge in [0, 0.05) is 9.90 Å². The van der Waals surface area contributed by atoms with E-state index in [4.69, 9.17) is 11.6 Å². The first kappa shape index (κ1) is 16.2. The van der Waals surface area contributed by atoms with Crippen LogP contribution in [0.2, 0.25) is 5.02 Å². The number of carbonyl (C=O) groups is 1. The number of nitrogens with one attached hydrogen (secondary N) is 1. The minimum absolute atomic E-state index is 0.136. The van der Waals surface area contributed by atoms with Crippen LogP contribution >= 0.6 is 22.9 Å². The number of nitrogens with zero attached hydrogens (tertiary/aromatic N) is 1. The molecule has 1 aliphatic rings. The van der Waals surface area contributed by atoms with Gasteiger partial charge in [0.2, 0.25) is 0 Å². The number of aryl methyl sites for hydroxylation is 1. The van der Waals surface area contributed by atoms with E-state index in [1.807, 2.05) is 18.2 Å². The first-order chi connectivity index (χ1) is 11.2. The number of amides is 1. The molecule has 1 N–H and O–H groups in total. The lowest BCUT2D eigenvalue weighted by molar-refractivity contribution is 0.0959. The lowest BCUT2D eigenvalue weighted by Crippen LogP contribution is -2.16. The molecule has 0 bridgehead atoms. The average Bonchev–Trinajstić information content (AvgIpc) is 2.99. The molecule has 0 radical (unpaired) electrons. The van der Waals surface area contributed by atoms with Crippen molar-refractivity contribution < 1.29 is 4.79 Å². The molecule has 120 valence electrons. The second kappa shape index (κ2) is 7.28. The molecule has 0 saturated heterocycles. The molecule has 0 spiro atoms. The molecule has 0 unspecified atom stereocenters. The zero-order chi connectivity index (χ0) is 16.2. The fraction of sp³-hybridized carbons (Fsp3) is 0.333. The van der Waals surface area contributed by atoms with Crippen LogP contribution in [0.4, 0.5) is 0 Å². The van der Waals surface area contributed by atoms with Gasteiger partial charge in [-0.25, -0.2) is 5.43 Å². The van der Waals surface area contributed by atoms with Gasteiger partial charge in [0.15, 0.2) is 0 Å². The molecule has 1 aliphatic carbocycles. The summed E-state index contributed by atoms with van der Waals surface area (Å²) in [5.41, 5.74) is 4.85. The highest BCUT2D eigenvalue weighted by Crippen LogP contribution is 2.33. The Balaban J connectivity index is 1.63. The minimum atomic E-state index is -0.136. The van der Waals surface area contributed by atoms with E-state index in [1.54, 1.807) is 29.7 Å². The third-order valence-electron chi connectivity index (χ3n) is 4.24. The van der Waals surface area contributed by atoms with Crippen LogP contribution in [0.25, 0.3) is 0 Å². The highest BCUT2D eigenvalue weighted by atomic mass is 35.5. The first-order valence-corrected chi connectivity index (χ1v) is 9.05. The van der Waals surface area contributed by atoms with Crippen molar-refractivity contribution in [2.45, 2.75) is 32.6 Å². The van der Waals surface area contributed by atoms with Crippen LogP contribution < -0.4 is 5.43 Å². The number of halogens is 1. The third-order valence-corrected chi connectivity index (χ3v) is 5.72. The van der Waals surface area contributed by atoms with Gasteiger partial charge in [0.05, 0.1) is 11.1 Å². The summed E-state index contributed by atoms with van der Waals surface area (Å²) in [6.45, 7) is 2.24. The topological polar surface area (TPSA) is 41.5 Å². The lowest BCUT2D eigenvalue weighted by Gasteiger charge is -2.19. The number of hydrogen-bond acceptors (Lipinski definition) is 3. The Morgan fingerprint density at radius 1 is 1.43 bits per heavy atom. The Morgan fingerprint density at radius 2 is 2.22 bits per heavy atom. The van der Waals surface area contributed by atoms with Gasteiger partial charge >= 0.3 is 0 Å². The quantitative estimate of drug-likeness (QED) is 0.633. The standard InChI is InChI=1S/C18H19ClN2OS/c1-2-12-5-8-16-14(9-12)10-17(23-16)18(22)21-20-11-13-3-6-15(19)7-4-13/h3-4,6-7,10-12H,2,5,8-9H2,1H3,(H,21,22)/b20-11-/t12-/m0/s1. The maximum Gasteiger partial charge on any atom is 0.281 e. The Kier molecular flexibility index (Phi) is 5.13. The molecule has 1 aromatic heterocycles. The molecule has 1 amide bonds. The number of benzene rings is 1. The van der Waals surface area contributed by atoms with Crippen LogP contribution in [-0.2, 0) is 12.8 Å². The van der Waals surface area contributed by atoms with E-state index in [0.29, 0.717) is 5.02 Å². The van der Waals surface area contributed by atoms with Crippen molar-refractivity contribution >= 4 is 35.1 Å². The number of carbonyl (C=O) groups excluding carboxylic acids is 1. The van der Waals surface area contributed by atoms with Gasteiger partial charge in [-0.05, 0) is 54.5 Å². The molecule has 3 nitrogen and oxygen atoms in total. The third kappa shape index (κ3) is 4.01. The predicted octanol–water partition coefficient (Wildman–Crippen LogP) is 4.68. The highest BCUT2D eigenvalue weighted by molar-refractivity contribution is 7.14. The summed E-state index contributed by atoms with van der Waals surface area (Å²) in [4.78, 5) is 14.3. The van der Waals surface area contributed by atoms with Crippen LogP contribution in [0.15, 0.2) is 35.4 Å². The average molecular weight is 347 g/mol. The van der Waals surface area contributed by atoms with E-state index in [1.165, 1.54) is 23.3 Å². The molecule has 1 atom stereocenters. The maximum absolute atomic E-state index is 12.2. The van der Waals surface area contributed by atoms with Crippen molar-refractivity contribution in [2.24, 2.45) is 11.0 Å². The van der Waals surface area contributed by atoms with Crippen molar-refractivity contribution in [2.75, 3.05) is 0 Å². The minimum Gasteiger partial charge on any atom is -0.266 e. The Labute approximate surface area is 145 Å². The molecular formula is C18H19ClN2OS. The summed E-state index contributed by atoms with van der Waals surface area (Å²) in [5.74, 6) is 0.624. The zero-order valence-electron chi connectivity index (χ0n) is 13.0. The molecule has 1 heterocycles. The van der Waals surface area contributed by atoms with Crippen LogP contribution in [0.3, 0.4) is 0 Å². The second-order valence-electron chi connectivity index (χ2n) is 5.83. The van der Waals surface area contributed by atoms with E-state index in [2.05, 4.69) is 17.5 Å². The SMILES string of the molecule is CC[C@H]1CCc2sc(C(=O)N/N=C\c3ccc(Cl)cc3)cc2C1. The number of fused-ring (bicyclic) bond motifs is 1. The molecule has 23 heavy (non-hydrogen) atoms. The number of hydrogen-bond donors (Lipinski definition) is 1. The number of thiophene rings is 1. The smallest absolute Gasteiger partial charge is 0.266 e. The first-order valence-electron chi connectivity index (χ1n) is 7.86. The normalized spacial score (nSPS) is 17.2. The van der Waals surface area contributed by atoms with E-state index in [-0.39, 0.29) is 5.91 Å². The van der Waals surface area contributed by atoms with Gasteiger partial charge < -0.3 is 0 Å². The van der Waals surface area contributed by atoms with Crippen LogP contribution in [0.5, 0.6) is 0 Å². The lowest BCUT2D eigenvalue weighted by atomic mass is 9.87. The fourth-order valence-electron chi connectivity index (χ4n) is 2.83. The summed E-state index contributed by atoms with van der Waals surface area (Å²) >= 11 is 7.43. The van der Waals surface area contributed by atoms with Crippen molar-refractivity contribution in [1.29, 1.82) is 0 Å². The largest absolute Gasteiger partial charge is 0.281 e. The van der Waals surface area contributed by atoms with Crippen LogP contribution in [0, 0.1) is 5.92 Å². The van der Waals surface area contributed by atoms with Gasteiger partial charge in [0.25, 0.3) is 5.91 Å². The number of rotatable bonds is 4. The monoisotopic (exact) mass is 346 g/mol. The molecular weight excluding hydrogens is 328 g/mol. The molecule has 5 heteroatoms. The van der Waals surface area contributed by atoms with E-state index < -0.39 is 0 Å². The molecule has 0 fully saturated rings. The van der Waals surface area contributed by atoms with Crippen molar-refractivity contribution in [3.05, 3.63) is 56.2 Å². The Hall–Kier alpha value is -1.65. The van der Waals surface area contributed by atoms with Gasteiger partial charge in [-0.3, -0.25) is 4.79 Å². The predicted molar refractivity (Wildman–Crippen MR) is 96.6 cm³/mol. The van der Waals surface area contributed by atoms with Crippen LogP contribution in [0.1, 0.15) is 45.4 Å². The van der Waals surface area contributed by atoms with Crippen molar-refractivity contribution in [3.63, 3.8) is 0 Å². The van der Waals surface area contributed by atoms with Crippen molar-refractivity contribution in [3.8, 4) is 0 Å². The molecule has 0 aliphatic heterocycles. The summed E-state index contributed by atoms with van der Waals surface area (Å²) in [7, 11) is 0. The zero-order valence-corrected chi connectivity index (χ0v) is 14.6. The fourth-order valence-corrected chi connectivity index (χ4v) is 4.05. The summed E-state index contributed by atoms with van der Waals surface area (Å²) in [6.07, 6.45) is 6.26. The van der Waals surface area contributed by atoms with Gasteiger partial charge in [-0.15, -0.1) is 11.3 Å². The van der Waals surface area contributed by atoms with Crippen LogP contribution in [-0.4, -0.2) is 12.1 Å². The van der Waals surface area contributed by atoms with Gasteiger partial charge in [-0.1, -0.05) is 37.1 Å². The summed E-state index contributed by atoms with van der Waals surface area (Å²) in [6, 6.07) is 9.33. The summed E-state index contributed by atoms with van der Waals surface area (Å²) in [5, 5.41) is 4.71. The summed E-state index contributed by atoms with van der Waals surface area (Å²) < 4.78 is 0. The second-order valence-corrected chi connectivity index (χ2v) is 7.40. The van der Waals surface area contributed by atoms with E-state index in [9.17, 15) is 4.79 Å². The van der Waals surface area contributed by atoms with Gasteiger partial charge in [0.1, 0.15) is 0 Å².